The summed E-state index contributed by atoms with van der Waals surface area (Å²) in [5, 5.41) is 0. The van der Waals surface area contributed by atoms with Gasteiger partial charge in [0, 0.05) is 6.26 Å². The molecule has 2 aromatic carbocycles. The molecule has 0 N–H and O–H groups in total. The van der Waals surface area contributed by atoms with Gasteiger partial charge in [-0.05, 0) is 49.7 Å². The molecule has 0 atom stereocenters. The number of Topliss-reactive ketones (excluding diaryl/α,β-unsaturated/α-hetero) is 1. The molecule has 0 saturated heterocycles. The van der Waals surface area contributed by atoms with E-state index in [9.17, 15) is 22.0 Å². The van der Waals surface area contributed by atoms with Crippen molar-refractivity contribution < 1.29 is 26.7 Å². The number of sulfone groups is 1. The van der Waals surface area contributed by atoms with Gasteiger partial charge in [-0.15, -0.1) is 0 Å². The van der Waals surface area contributed by atoms with E-state index in [2.05, 4.69) is 0 Å². The molecule has 0 spiro atoms. The zero-order valence-electron chi connectivity index (χ0n) is 14.3. The molecule has 0 radical (unpaired) electrons. The van der Waals surface area contributed by atoms with Gasteiger partial charge in [-0.1, -0.05) is 12.1 Å². The van der Waals surface area contributed by atoms with E-state index >= 15 is 0 Å². The lowest BCUT2D eigenvalue weighted by atomic mass is 9.92. The Bertz CT molecular complexity index is 1040. The number of ether oxygens (including phenoxy) is 1. The van der Waals surface area contributed by atoms with Crippen molar-refractivity contribution in [2.24, 2.45) is 0 Å². The maximum absolute atomic E-state index is 14.6. The van der Waals surface area contributed by atoms with E-state index in [1.54, 1.807) is 13.8 Å². The largest absolute Gasteiger partial charge is 0.478 e. The first-order chi connectivity index (χ1) is 12.0. The first kappa shape index (κ1) is 18.3. The van der Waals surface area contributed by atoms with E-state index in [-0.39, 0.29) is 27.6 Å². The van der Waals surface area contributed by atoms with Crippen molar-refractivity contribution in [2.45, 2.75) is 24.3 Å². The third-order valence-electron chi connectivity index (χ3n) is 4.10. The fourth-order valence-electron chi connectivity index (χ4n) is 2.74. The highest BCUT2D eigenvalue weighted by Gasteiger charge is 2.43. The highest BCUT2D eigenvalue weighted by Crippen LogP contribution is 2.42. The van der Waals surface area contributed by atoms with E-state index in [4.69, 9.17) is 4.74 Å². The molecule has 1 aliphatic rings. The van der Waals surface area contributed by atoms with Gasteiger partial charge in [-0.25, -0.2) is 17.2 Å². The Morgan fingerprint density at radius 2 is 1.62 bits per heavy atom. The standard InChI is InChI=1S/C19H16F2O4S/c1-19(2)18(22)16(11-4-6-12(20)7-5-11)17(25-19)14-9-8-13(10-15(14)21)26(3,23)24/h4-10H,1-3H3. The van der Waals surface area contributed by atoms with Crippen LogP contribution in [-0.4, -0.2) is 26.1 Å². The third kappa shape index (κ3) is 3.14. The highest BCUT2D eigenvalue weighted by atomic mass is 32.2. The van der Waals surface area contributed by atoms with Gasteiger partial charge in [0.25, 0.3) is 0 Å². The van der Waals surface area contributed by atoms with Gasteiger partial charge in [0.15, 0.2) is 15.4 Å². The van der Waals surface area contributed by atoms with Crippen LogP contribution in [0.25, 0.3) is 11.3 Å². The Morgan fingerprint density at radius 3 is 2.15 bits per heavy atom. The van der Waals surface area contributed by atoms with Crippen molar-refractivity contribution in [3.05, 3.63) is 65.2 Å². The van der Waals surface area contributed by atoms with E-state index in [1.165, 1.54) is 36.4 Å². The Balaban J connectivity index is 2.22. The molecule has 4 nitrogen and oxygen atoms in total. The molecule has 7 heteroatoms. The molecule has 0 bridgehead atoms. The van der Waals surface area contributed by atoms with Crippen LogP contribution in [0.2, 0.25) is 0 Å². The number of rotatable bonds is 3. The van der Waals surface area contributed by atoms with E-state index < -0.39 is 27.1 Å². The summed E-state index contributed by atoms with van der Waals surface area (Å²) in [6, 6.07) is 8.62. The van der Waals surface area contributed by atoms with Crippen molar-refractivity contribution in [2.75, 3.05) is 6.26 Å². The molecule has 2 aromatic rings. The van der Waals surface area contributed by atoms with Gasteiger partial charge in [0.05, 0.1) is 16.0 Å². The topological polar surface area (TPSA) is 60.4 Å². The van der Waals surface area contributed by atoms with Crippen LogP contribution in [0.15, 0.2) is 47.4 Å². The van der Waals surface area contributed by atoms with Gasteiger partial charge in [0.1, 0.15) is 17.4 Å². The second kappa shape index (κ2) is 6.02. The number of ketones is 1. The number of hydrogen-bond acceptors (Lipinski definition) is 4. The predicted molar refractivity (Wildman–Crippen MR) is 92.9 cm³/mol. The summed E-state index contributed by atoms with van der Waals surface area (Å²) in [5.74, 6) is -1.66. The maximum atomic E-state index is 14.6. The normalized spacial score (nSPS) is 16.7. The van der Waals surface area contributed by atoms with Crippen molar-refractivity contribution in [3.63, 3.8) is 0 Å². The van der Waals surface area contributed by atoms with Crippen molar-refractivity contribution in [1.82, 2.24) is 0 Å². The molecule has 1 aliphatic heterocycles. The number of carbonyl (C=O) groups excluding carboxylic acids is 1. The van der Waals surface area contributed by atoms with Crippen molar-refractivity contribution >= 4 is 27.0 Å². The van der Waals surface area contributed by atoms with Crippen LogP contribution >= 0.6 is 0 Å². The molecule has 0 aliphatic carbocycles. The molecule has 0 fully saturated rings. The number of benzene rings is 2. The molecule has 1 heterocycles. The monoisotopic (exact) mass is 378 g/mol. The lowest BCUT2D eigenvalue weighted by molar-refractivity contribution is -0.125. The lowest BCUT2D eigenvalue weighted by Gasteiger charge is -2.18. The maximum Gasteiger partial charge on any atom is 0.210 e. The Kier molecular flexibility index (Phi) is 4.23. The summed E-state index contributed by atoms with van der Waals surface area (Å²) in [4.78, 5) is 12.6. The second-order valence-corrected chi connectivity index (χ2v) is 8.58. The van der Waals surface area contributed by atoms with Crippen LogP contribution < -0.4 is 0 Å². The minimum absolute atomic E-state index is 0.00385. The molecule has 0 amide bonds. The lowest BCUT2D eigenvalue weighted by Crippen LogP contribution is -2.29. The quantitative estimate of drug-likeness (QED) is 0.819. The number of carbonyl (C=O) groups is 1. The average Bonchev–Trinajstić information content (AvgIpc) is 2.77. The minimum atomic E-state index is -3.58. The minimum Gasteiger partial charge on any atom is -0.478 e. The zero-order chi connectivity index (χ0) is 19.3. The average molecular weight is 378 g/mol. The van der Waals surface area contributed by atoms with Gasteiger partial charge in [-0.3, -0.25) is 4.79 Å². The Morgan fingerprint density at radius 1 is 1.00 bits per heavy atom. The summed E-state index contributed by atoms with van der Waals surface area (Å²) >= 11 is 0. The number of halogens is 2. The van der Waals surface area contributed by atoms with Crippen LogP contribution in [0.1, 0.15) is 25.0 Å². The fourth-order valence-corrected chi connectivity index (χ4v) is 3.37. The van der Waals surface area contributed by atoms with Gasteiger partial charge < -0.3 is 4.74 Å². The second-order valence-electron chi connectivity index (χ2n) is 6.57. The summed E-state index contributed by atoms with van der Waals surface area (Å²) in [5.41, 5.74) is -0.735. The molecule has 0 saturated carbocycles. The molecular weight excluding hydrogens is 362 g/mol. The fraction of sp³-hybridized carbons (Fsp3) is 0.211. The molecular formula is C19H16F2O4S. The molecule has 3 rings (SSSR count). The number of hydrogen-bond donors (Lipinski definition) is 0. The predicted octanol–water partition coefficient (Wildman–Crippen LogP) is 3.61. The summed E-state index contributed by atoms with van der Waals surface area (Å²) < 4.78 is 56.7. The molecule has 0 unspecified atom stereocenters. The van der Waals surface area contributed by atoms with Crippen LogP contribution in [0, 0.1) is 11.6 Å². The van der Waals surface area contributed by atoms with Crippen LogP contribution in [0.5, 0.6) is 0 Å². The molecule has 26 heavy (non-hydrogen) atoms. The van der Waals surface area contributed by atoms with Gasteiger partial charge >= 0.3 is 0 Å². The summed E-state index contributed by atoms with van der Waals surface area (Å²) in [6.07, 6.45) is 0.976. The molecule has 0 aromatic heterocycles. The smallest absolute Gasteiger partial charge is 0.210 e. The Hall–Kier alpha value is -2.54. The van der Waals surface area contributed by atoms with Gasteiger partial charge in [-0.2, -0.15) is 0 Å². The van der Waals surface area contributed by atoms with Crippen LogP contribution in [0.4, 0.5) is 8.78 Å². The third-order valence-corrected chi connectivity index (χ3v) is 5.21. The van der Waals surface area contributed by atoms with E-state index in [0.717, 1.165) is 12.3 Å². The Labute approximate surface area is 150 Å². The van der Waals surface area contributed by atoms with Gasteiger partial charge in [0.2, 0.25) is 5.78 Å². The van der Waals surface area contributed by atoms with Crippen molar-refractivity contribution in [3.8, 4) is 0 Å². The SMILES string of the molecule is CC1(C)OC(c2ccc(S(C)(=O)=O)cc2F)=C(c2ccc(F)cc2)C1=O. The van der Waals surface area contributed by atoms with Crippen molar-refractivity contribution in [1.29, 1.82) is 0 Å². The molecule has 136 valence electrons. The van der Waals surface area contributed by atoms with Crippen LogP contribution in [-0.2, 0) is 19.4 Å². The highest BCUT2D eigenvalue weighted by molar-refractivity contribution is 7.90. The first-order valence-corrected chi connectivity index (χ1v) is 9.64. The summed E-state index contributed by atoms with van der Waals surface area (Å²) in [6.45, 7) is 3.10. The van der Waals surface area contributed by atoms with E-state index in [0.29, 0.717) is 5.56 Å². The zero-order valence-corrected chi connectivity index (χ0v) is 15.2. The van der Waals surface area contributed by atoms with Crippen LogP contribution in [0.3, 0.4) is 0 Å². The van der Waals surface area contributed by atoms with E-state index in [1.807, 2.05) is 0 Å². The summed E-state index contributed by atoms with van der Waals surface area (Å²) in [7, 11) is -3.58. The first-order valence-electron chi connectivity index (χ1n) is 7.75.